The quantitative estimate of drug-likeness (QED) is 0.901. The molecule has 0 aliphatic rings. The molecule has 2 N–H and O–H groups in total. The highest BCUT2D eigenvalue weighted by atomic mass is 79.9. The number of anilines is 2. The van der Waals surface area contributed by atoms with Crippen molar-refractivity contribution in [3.05, 3.63) is 39.3 Å². The second kappa shape index (κ2) is 5.49. The molecule has 2 aromatic rings. The Bertz CT molecular complexity index is 583. The van der Waals surface area contributed by atoms with E-state index >= 15 is 0 Å². The fourth-order valence-electron chi connectivity index (χ4n) is 1.46. The molecule has 1 heterocycles. The van der Waals surface area contributed by atoms with Gasteiger partial charge in [-0.1, -0.05) is 12.1 Å². The highest BCUT2D eigenvalue weighted by molar-refractivity contribution is 9.10. The summed E-state index contributed by atoms with van der Waals surface area (Å²) in [5, 5.41) is 12.7. The molecule has 0 bridgehead atoms. The van der Waals surface area contributed by atoms with E-state index in [0.717, 1.165) is 20.7 Å². The maximum atomic E-state index is 10.7. The van der Waals surface area contributed by atoms with Gasteiger partial charge in [0.1, 0.15) is 0 Å². The number of carboxylic acid groups (broad SMARTS) is 1. The molecule has 0 atom stereocenters. The number of thiazole rings is 1. The van der Waals surface area contributed by atoms with Gasteiger partial charge in [-0.3, -0.25) is 4.79 Å². The zero-order chi connectivity index (χ0) is 13.1. The van der Waals surface area contributed by atoms with Crippen LogP contribution in [0.3, 0.4) is 0 Å². The molecule has 18 heavy (non-hydrogen) atoms. The van der Waals surface area contributed by atoms with Crippen LogP contribution in [-0.4, -0.2) is 16.1 Å². The van der Waals surface area contributed by atoms with Gasteiger partial charge in [0.2, 0.25) is 0 Å². The predicted molar refractivity (Wildman–Crippen MR) is 75.6 cm³/mol. The van der Waals surface area contributed by atoms with E-state index in [4.69, 9.17) is 5.11 Å². The van der Waals surface area contributed by atoms with E-state index in [9.17, 15) is 4.79 Å². The molecule has 1 aromatic carbocycles. The number of carbonyl (C=O) groups is 1. The molecule has 0 aliphatic heterocycles. The Morgan fingerprint density at radius 1 is 1.50 bits per heavy atom. The second-order valence-corrected chi connectivity index (χ2v) is 5.64. The highest BCUT2D eigenvalue weighted by Crippen LogP contribution is 2.29. The van der Waals surface area contributed by atoms with Crippen LogP contribution >= 0.6 is 27.3 Å². The van der Waals surface area contributed by atoms with E-state index in [1.165, 1.54) is 11.3 Å². The summed E-state index contributed by atoms with van der Waals surface area (Å²) in [7, 11) is 0. The lowest BCUT2D eigenvalue weighted by atomic mass is 10.3. The van der Waals surface area contributed by atoms with E-state index in [1.54, 1.807) is 0 Å². The molecule has 0 amide bonds. The molecule has 0 fully saturated rings. The summed E-state index contributed by atoms with van der Waals surface area (Å²) >= 11 is 4.81. The third kappa shape index (κ3) is 3.08. The van der Waals surface area contributed by atoms with E-state index in [0.29, 0.717) is 5.13 Å². The minimum Gasteiger partial charge on any atom is -0.481 e. The Morgan fingerprint density at radius 2 is 2.22 bits per heavy atom. The summed E-state index contributed by atoms with van der Waals surface area (Å²) in [6.07, 6.45) is 0.0150. The topological polar surface area (TPSA) is 62.2 Å². The normalized spacial score (nSPS) is 10.3. The maximum Gasteiger partial charge on any atom is 0.308 e. The smallest absolute Gasteiger partial charge is 0.308 e. The van der Waals surface area contributed by atoms with Gasteiger partial charge >= 0.3 is 5.97 Å². The van der Waals surface area contributed by atoms with Crippen molar-refractivity contribution >= 4 is 44.1 Å². The van der Waals surface area contributed by atoms with E-state index in [2.05, 4.69) is 26.2 Å². The molecular formula is C12H11BrN2O2S. The number of para-hydroxylation sites is 1. The fraction of sp³-hybridized carbons (Fsp3) is 0.167. The Labute approximate surface area is 117 Å². The minimum absolute atomic E-state index is 0.0150. The molecule has 0 unspecified atom stereocenters. The van der Waals surface area contributed by atoms with Gasteiger partial charge in [-0.25, -0.2) is 4.98 Å². The molecule has 0 spiro atoms. The van der Waals surface area contributed by atoms with Crippen LogP contribution in [0.5, 0.6) is 0 Å². The van der Waals surface area contributed by atoms with Crippen LogP contribution < -0.4 is 5.32 Å². The zero-order valence-electron chi connectivity index (χ0n) is 9.61. The minimum atomic E-state index is -0.839. The van der Waals surface area contributed by atoms with Crippen molar-refractivity contribution in [2.75, 3.05) is 5.32 Å². The van der Waals surface area contributed by atoms with E-state index < -0.39 is 5.97 Å². The number of aliphatic carboxylic acids is 1. The summed E-state index contributed by atoms with van der Waals surface area (Å²) in [5.41, 5.74) is 1.67. The summed E-state index contributed by atoms with van der Waals surface area (Å²) in [4.78, 5) is 15.8. The lowest BCUT2D eigenvalue weighted by molar-refractivity contribution is -0.136. The Morgan fingerprint density at radius 3 is 2.89 bits per heavy atom. The first-order valence-corrected chi connectivity index (χ1v) is 6.87. The molecule has 0 radical (unpaired) electrons. The lowest BCUT2D eigenvalue weighted by Crippen LogP contribution is -1.99. The number of hydrogen-bond donors (Lipinski definition) is 2. The van der Waals surface area contributed by atoms with E-state index in [1.807, 2.05) is 31.2 Å². The van der Waals surface area contributed by atoms with Crippen molar-refractivity contribution in [3.63, 3.8) is 0 Å². The van der Waals surface area contributed by atoms with Gasteiger partial charge in [-0.15, -0.1) is 11.3 Å². The number of halogens is 1. The molecule has 6 heteroatoms. The first-order chi connectivity index (χ1) is 8.56. The van der Waals surface area contributed by atoms with Crippen molar-refractivity contribution < 1.29 is 9.90 Å². The molecule has 0 aliphatic carbocycles. The highest BCUT2D eigenvalue weighted by Gasteiger charge is 2.11. The number of nitrogens with zero attached hydrogens (tertiary/aromatic N) is 1. The van der Waals surface area contributed by atoms with Crippen LogP contribution in [0.2, 0.25) is 0 Å². The van der Waals surface area contributed by atoms with Crippen LogP contribution in [0.1, 0.15) is 10.6 Å². The Hall–Kier alpha value is -1.40. The SMILES string of the molecule is Cc1nc(Nc2ccccc2Br)sc1CC(=O)O. The summed E-state index contributed by atoms with van der Waals surface area (Å²) in [5.74, 6) is -0.839. The Kier molecular flexibility index (Phi) is 3.98. The molecule has 0 saturated carbocycles. The standard InChI is InChI=1S/C12H11BrN2O2S/c1-7-10(6-11(16)17)18-12(14-7)15-9-5-3-2-4-8(9)13/h2-5H,6H2,1H3,(H,14,15)(H,16,17). The molecule has 0 saturated heterocycles. The predicted octanol–water partition coefficient (Wildman–Crippen LogP) is 3.58. The average molecular weight is 327 g/mol. The van der Waals surface area contributed by atoms with Crippen molar-refractivity contribution in [2.45, 2.75) is 13.3 Å². The van der Waals surface area contributed by atoms with Crippen molar-refractivity contribution in [3.8, 4) is 0 Å². The van der Waals surface area contributed by atoms with Gasteiger partial charge in [-0.05, 0) is 35.0 Å². The zero-order valence-corrected chi connectivity index (χ0v) is 12.0. The number of aryl methyl sites for hydroxylation is 1. The molecule has 1 aromatic heterocycles. The number of benzene rings is 1. The van der Waals surface area contributed by atoms with Gasteiger partial charge in [-0.2, -0.15) is 0 Å². The number of carboxylic acids is 1. The number of rotatable bonds is 4. The van der Waals surface area contributed by atoms with Gasteiger partial charge in [0.05, 0.1) is 17.8 Å². The maximum absolute atomic E-state index is 10.7. The van der Waals surface area contributed by atoms with Crippen molar-refractivity contribution in [1.29, 1.82) is 0 Å². The van der Waals surface area contributed by atoms with Crippen molar-refractivity contribution in [2.24, 2.45) is 0 Å². The lowest BCUT2D eigenvalue weighted by Gasteiger charge is -2.03. The third-order valence-electron chi connectivity index (χ3n) is 2.32. The number of hydrogen-bond acceptors (Lipinski definition) is 4. The first-order valence-electron chi connectivity index (χ1n) is 5.26. The summed E-state index contributed by atoms with van der Waals surface area (Å²) in [6.45, 7) is 1.82. The second-order valence-electron chi connectivity index (χ2n) is 3.70. The summed E-state index contributed by atoms with van der Waals surface area (Å²) < 4.78 is 0.942. The van der Waals surface area contributed by atoms with Crippen LogP contribution in [0.4, 0.5) is 10.8 Å². The first kappa shape index (κ1) is 13.0. The van der Waals surface area contributed by atoms with Crippen LogP contribution in [0.15, 0.2) is 28.7 Å². The molecule has 2 rings (SSSR count). The molecular weight excluding hydrogens is 316 g/mol. The Balaban J connectivity index is 2.20. The largest absolute Gasteiger partial charge is 0.481 e. The van der Waals surface area contributed by atoms with Gasteiger partial charge in [0, 0.05) is 9.35 Å². The van der Waals surface area contributed by atoms with Crippen LogP contribution in [0, 0.1) is 6.92 Å². The third-order valence-corrected chi connectivity index (χ3v) is 4.08. The summed E-state index contributed by atoms with van der Waals surface area (Å²) in [6, 6.07) is 7.71. The average Bonchev–Trinajstić information content (AvgIpc) is 2.62. The van der Waals surface area contributed by atoms with Gasteiger partial charge in [0.15, 0.2) is 5.13 Å². The number of aromatic nitrogens is 1. The van der Waals surface area contributed by atoms with Crippen molar-refractivity contribution in [1.82, 2.24) is 4.98 Å². The van der Waals surface area contributed by atoms with Gasteiger partial charge < -0.3 is 10.4 Å². The van der Waals surface area contributed by atoms with Crippen LogP contribution in [-0.2, 0) is 11.2 Å². The van der Waals surface area contributed by atoms with Gasteiger partial charge in [0.25, 0.3) is 0 Å². The van der Waals surface area contributed by atoms with Crippen LogP contribution in [0.25, 0.3) is 0 Å². The monoisotopic (exact) mass is 326 g/mol. The fourth-order valence-corrected chi connectivity index (χ4v) is 2.81. The van der Waals surface area contributed by atoms with E-state index in [-0.39, 0.29) is 6.42 Å². The number of nitrogens with one attached hydrogen (secondary N) is 1. The molecule has 94 valence electrons. The molecule has 4 nitrogen and oxygen atoms in total.